The Balaban J connectivity index is 1.51. The molecule has 0 saturated carbocycles. The Labute approximate surface area is 212 Å². The molecule has 0 unspecified atom stereocenters. The van der Waals surface area contributed by atoms with Gasteiger partial charge in [0.1, 0.15) is 11.6 Å². The number of fused-ring (bicyclic) bond motifs is 2. The maximum absolute atomic E-state index is 13.5. The summed E-state index contributed by atoms with van der Waals surface area (Å²) in [7, 11) is 0. The summed E-state index contributed by atoms with van der Waals surface area (Å²) in [6.07, 6.45) is 0. The Kier molecular flexibility index (Phi) is 6.42. The molecule has 4 aromatic carbocycles. The van der Waals surface area contributed by atoms with Crippen molar-refractivity contribution in [1.82, 2.24) is 4.98 Å². The number of nitrogens with one attached hydrogen (secondary N) is 3. The molecule has 5 aromatic rings. The zero-order valence-corrected chi connectivity index (χ0v) is 20.2. The minimum atomic E-state index is -0.800. The molecule has 0 fully saturated rings. The van der Waals surface area contributed by atoms with Crippen LogP contribution in [0.5, 0.6) is 0 Å². The van der Waals surface area contributed by atoms with Gasteiger partial charge in [0.15, 0.2) is 0 Å². The number of anilines is 4. The molecule has 1 heterocycles. The Bertz CT molecular complexity index is 1650. The summed E-state index contributed by atoms with van der Waals surface area (Å²) in [5, 5.41) is 20.3. The number of urea groups is 1. The van der Waals surface area contributed by atoms with Crippen LogP contribution in [0.3, 0.4) is 0 Å². The molecule has 8 heteroatoms. The fourth-order valence-electron chi connectivity index (χ4n) is 4.32. The third-order valence-corrected chi connectivity index (χ3v) is 6.20. The number of aliphatic hydroxyl groups excluding tert-OH is 1. The number of benzene rings is 4. The van der Waals surface area contributed by atoms with Crippen LogP contribution in [-0.4, -0.2) is 16.1 Å². The predicted molar refractivity (Wildman–Crippen MR) is 143 cm³/mol. The van der Waals surface area contributed by atoms with E-state index in [0.29, 0.717) is 16.9 Å². The number of para-hydroxylation sites is 1. The maximum atomic E-state index is 13.5. The quantitative estimate of drug-likeness (QED) is 0.194. The molecule has 0 aliphatic carbocycles. The van der Waals surface area contributed by atoms with E-state index in [1.807, 2.05) is 44.2 Å². The highest BCUT2D eigenvalue weighted by Gasteiger charge is 2.14. The minimum absolute atomic E-state index is 0.0213. The van der Waals surface area contributed by atoms with Crippen LogP contribution in [0.4, 0.5) is 36.3 Å². The summed E-state index contributed by atoms with van der Waals surface area (Å²) < 4.78 is 27.0. The molecule has 4 N–H and O–H groups in total. The number of carbonyl (C=O) groups excluding carboxylic acids is 1. The number of pyridine rings is 1. The highest BCUT2D eigenvalue weighted by Crippen LogP contribution is 2.36. The van der Waals surface area contributed by atoms with Gasteiger partial charge in [-0.15, -0.1) is 0 Å². The topological polar surface area (TPSA) is 86.3 Å². The van der Waals surface area contributed by atoms with Crippen LogP contribution in [0.1, 0.15) is 16.7 Å². The molecular formula is C29H24F2N4O2. The first-order chi connectivity index (χ1) is 17.8. The average molecular weight is 499 g/mol. The second-order valence-electron chi connectivity index (χ2n) is 8.85. The predicted octanol–water partition coefficient (Wildman–Crippen LogP) is 7.16. The van der Waals surface area contributed by atoms with Gasteiger partial charge in [0.2, 0.25) is 0 Å². The maximum Gasteiger partial charge on any atom is 0.323 e. The number of aliphatic hydroxyl groups is 1. The molecule has 0 bridgehead atoms. The summed E-state index contributed by atoms with van der Waals surface area (Å²) >= 11 is 0. The van der Waals surface area contributed by atoms with Crippen molar-refractivity contribution in [3.05, 3.63) is 101 Å². The van der Waals surface area contributed by atoms with E-state index in [0.717, 1.165) is 56.8 Å². The fraction of sp³-hybridized carbons (Fsp3) is 0.103. The lowest BCUT2D eigenvalue weighted by molar-refractivity contribution is 0.262. The third-order valence-electron chi connectivity index (χ3n) is 6.20. The first-order valence-electron chi connectivity index (χ1n) is 11.7. The molecule has 186 valence electrons. The van der Waals surface area contributed by atoms with Gasteiger partial charge in [0, 0.05) is 33.9 Å². The Morgan fingerprint density at radius 2 is 1.51 bits per heavy atom. The van der Waals surface area contributed by atoms with Gasteiger partial charge < -0.3 is 21.1 Å². The van der Waals surface area contributed by atoms with Gasteiger partial charge in [-0.1, -0.05) is 30.3 Å². The van der Waals surface area contributed by atoms with Gasteiger partial charge in [0.25, 0.3) is 0 Å². The van der Waals surface area contributed by atoms with Crippen LogP contribution in [-0.2, 0) is 6.61 Å². The first kappa shape index (κ1) is 24.1. The Morgan fingerprint density at radius 1 is 0.838 bits per heavy atom. The lowest BCUT2D eigenvalue weighted by Gasteiger charge is -2.17. The van der Waals surface area contributed by atoms with E-state index >= 15 is 0 Å². The lowest BCUT2D eigenvalue weighted by atomic mass is 10.0. The number of amides is 2. The van der Waals surface area contributed by atoms with E-state index in [-0.39, 0.29) is 12.3 Å². The fourth-order valence-corrected chi connectivity index (χ4v) is 4.32. The summed E-state index contributed by atoms with van der Waals surface area (Å²) in [6.45, 7) is 3.84. The number of aryl methyl sites for hydroxylation is 2. The molecule has 37 heavy (non-hydrogen) atoms. The van der Waals surface area contributed by atoms with Crippen LogP contribution in [0, 0.1) is 25.5 Å². The molecule has 0 radical (unpaired) electrons. The van der Waals surface area contributed by atoms with Gasteiger partial charge in [-0.05, 0) is 66.9 Å². The van der Waals surface area contributed by atoms with Gasteiger partial charge >= 0.3 is 6.03 Å². The van der Waals surface area contributed by atoms with E-state index < -0.39 is 17.7 Å². The van der Waals surface area contributed by atoms with E-state index in [1.165, 1.54) is 0 Å². The van der Waals surface area contributed by atoms with Crippen LogP contribution >= 0.6 is 0 Å². The van der Waals surface area contributed by atoms with Crippen molar-refractivity contribution in [2.75, 3.05) is 16.0 Å². The molecule has 0 atom stereocenters. The SMILES string of the molecule is Cc1ccc2c(Nc3cc(CO)cc(NC(=O)Nc4cc(F)cc(F)c4)c3)c3ccccc3nc2c1C. The number of nitrogens with zero attached hydrogens (tertiary/aromatic N) is 1. The van der Waals surface area contributed by atoms with Crippen LogP contribution in [0.2, 0.25) is 0 Å². The van der Waals surface area contributed by atoms with Gasteiger partial charge in [-0.2, -0.15) is 0 Å². The summed E-state index contributed by atoms with van der Waals surface area (Å²) in [6, 6.07) is 19.1. The van der Waals surface area contributed by atoms with E-state index in [4.69, 9.17) is 4.98 Å². The largest absolute Gasteiger partial charge is 0.392 e. The van der Waals surface area contributed by atoms with Gasteiger partial charge in [-0.25, -0.2) is 18.6 Å². The van der Waals surface area contributed by atoms with Crippen LogP contribution in [0.15, 0.2) is 72.8 Å². The molecule has 0 spiro atoms. The van der Waals surface area contributed by atoms with E-state index in [9.17, 15) is 18.7 Å². The number of aromatic nitrogens is 1. The number of carbonyl (C=O) groups is 1. The molecule has 1 aromatic heterocycles. The molecule has 6 nitrogen and oxygen atoms in total. The van der Waals surface area contributed by atoms with Crippen molar-refractivity contribution < 1.29 is 18.7 Å². The molecule has 0 aliphatic heterocycles. The third kappa shape index (κ3) is 5.05. The summed E-state index contributed by atoms with van der Waals surface area (Å²) in [5.41, 5.74) is 6.36. The smallest absolute Gasteiger partial charge is 0.323 e. The number of hydrogen-bond acceptors (Lipinski definition) is 4. The van der Waals surface area contributed by atoms with E-state index in [2.05, 4.69) is 22.0 Å². The summed E-state index contributed by atoms with van der Waals surface area (Å²) in [4.78, 5) is 17.4. The molecular weight excluding hydrogens is 474 g/mol. The van der Waals surface area contributed by atoms with Crippen LogP contribution < -0.4 is 16.0 Å². The van der Waals surface area contributed by atoms with Crippen LogP contribution in [0.25, 0.3) is 21.8 Å². The lowest BCUT2D eigenvalue weighted by Crippen LogP contribution is -2.19. The second kappa shape index (κ2) is 9.83. The van der Waals surface area contributed by atoms with Crippen molar-refractivity contribution in [3.63, 3.8) is 0 Å². The highest BCUT2D eigenvalue weighted by atomic mass is 19.1. The highest BCUT2D eigenvalue weighted by molar-refractivity contribution is 6.09. The average Bonchev–Trinajstić information content (AvgIpc) is 2.85. The van der Waals surface area contributed by atoms with Crippen molar-refractivity contribution in [2.24, 2.45) is 0 Å². The van der Waals surface area contributed by atoms with Gasteiger partial charge in [-0.3, -0.25) is 0 Å². The standard InChI is InChI=1S/C29H24F2N4O2/c1-16-7-8-25-27(17(16)2)35-26-6-4-3-5-24(26)28(25)32-21-9-18(15-36)10-22(14-21)33-29(37)34-23-12-19(30)11-20(31)13-23/h3-14,36H,15H2,1-2H3,(H,32,35)(H2,33,34,37). The van der Waals surface area contributed by atoms with Crippen molar-refractivity contribution >= 4 is 50.6 Å². The van der Waals surface area contributed by atoms with Crippen molar-refractivity contribution in [2.45, 2.75) is 20.5 Å². The Hall–Kier alpha value is -4.56. The zero-order chi connectivity index (χ0) is 26.1. The molecule has 0 aliphatic rings. The molecule has 0 saturated heterocycles. The number of hydrogen-bond donors (Lipinski definition) is 4. The summed E-state index contributed by atoms with van der Waals surface area (Å²) in [5.74, 6) is -1.60. The molecule has 5 rings (SSSR count). The minimum Gasteiger partial charge on any atom is -0.392 e. The first-order valence-corrected chi connectivity index (χ1v) is 11.7. The normalized spacial score (nSPS) is 11.1. The number of halogens is 2. The van der Waals surface area contributed by atoms with Crippen molar-refractivity contribution in [1.29, 1.82) is 0 Å². The molecule has 2 amide bonds. The zero-order valence-electron chi connectivity index (χ0n) is 20.2. The Morgan fingerprint density at radius 3 is 2.24 bits per heavy atom. The second-order valence-corrected chi connectivity index (χ2v) is 8.85. The van der Waals surface area contributed by atoms with E-state index in [1.54, 1.807) is 18.2 Å². The van der Waals surface area contributed by atoms with Crippen molar-refractivity contribution in [3.8, 4) is 0 Å². The monoisotopic (exact) mass is 498 g/mol. The van der Waals surface area contributed by atoms with Gasteiger partial charge in [0.05, 0.1) is 23.3 Å². The number of rotatable bonds is 5.